The third kappa shape index (κ3) is 8.39. The van der Waals surface area contributed by atoms with Gasteiger partial charge in [-0.15, -0.1) is 0 Å². The fourth-order valence-electron chi connectivity index (χ4n) is 10.4. The van der Waals surface area contributed by atoms with Crippen molar-refractivity contribution < 1.29 is 13.5 Å². The fourth-order valence-corrected chi connectivity index (χ4v) is 10.4. The standard InChI is InChI=1S/C64H56F2N4O/c1-40(2)51-15-12-16-52(41(3)4)62(51)44-34-48(37-50(35-44)71-49-30-31-56-55-14-8-9-19-57(55)70(60(56)38-49)61-36-45(32-33-67-61)64(5,6)7)68-39-69(59-21-11-10-20-58(59)68)63-53(42-22-26-46(65)27-23-42)17-13-18-54(63)43-24-28-47(66)29-25-43/h8-38,40-41H,39H2,1-7H3. The lowest BCUT2D eigenvalue weighted by Crippen LogP contribution is -2.25. The van der Waals surface area contributed by atoms with Gasteiger partial charge in [-0.25, -0.2) is 13.8 Å². The lowest BCUT2D eigenvalue weighted by Gasteiger charge is -2.28. The molecule has 71 heavy (non-hydrogen) atoms. The lowest BCUT2D eigenvalue weighted by molar-refractivity contribution is 0.483. The molecule has 0 saturated heterocycles. The minimum Gasteiger partial charge on any atom is -0.457 e. The third-order valence-corrected chi connectivity index (χ3v) is 13.9. The van der Waals surface area contributed by atoms with Gasteiger partial charge in [0.25, 0.3) is 0 Å². The molecule has 352 valence electrons. The average Bonchev–Trinajstić information content (AvgIpc) is 3.92. The van der Waals surface area contributed by atoms with E-state index < -0.39 is 0 Å². The number of anilines is 4. The van der Waals surface area contributed by atoms with Gasteiger partial charge < -0.3 is 14.5 Å². The van der Waals surface area contributed by atoms with Crippen LogP contribution in [0.2, 0.25) is 0 Å². The summed E-state index contributed by atoms with van der Waals surface area (Å²) in [4.78, 5) is 9.62. The quantitative estimate of drug-likeness (QED) is 0.137. The van der Waals surface area contributed by atoms with Crippen molar-refractivity contribution in [2.45, 2.75) is 65.7 Å². The van der Waals surface area contributed by atoms with Crippen molar-refractivity contribution in [2.24, 2.45) is 0 Å². The van der Waals surface area contributed by atoms with Gasteiger partial charge in [0.2, 0.25) is 0 Å². The zero-order valence-electron chi connectivity index (χ0n) is 41.2. The summed E-state index contributed by atoms with van der Waals surface area (Å²) >= 11 is 0. The normalized spacial score (nSPS) is 12.7. The van der Waals surface area contributed by atoms with Crippen molar-refractivity contribution >= 4 is 44.6 Å². The van der Waals surface area contributed by atoms with Gasteiger partial charge in [0.1, 0.15) is 35.6 Å². The number of halogens is 2. The number of aromatic nitrogens is 2. The number of hydrogen-bond donors (Lipinski definition) is 0. The van der Waals surface area contributed by atoms with Crippen molar-refractivity contribution in [1.29, 1.82) is 0 Å². The van der Waals surface area contributed by atoms with Gasteiger partial charge in [0, 0.05) is 45.9 Å². The topological polar surface area (TPSA) is 33.5 Å². The summed E-state index contributed by atoms with van der Waals surface area (Å²) in [6, 6.07) is 60.5. The Balaban J connectivity index is 1.09. The molecule has 0 unspecified atom stereocenters. The number of para-hydroxylation sites is 4. The van der Waals surface area contributed by atoms with E-state index in [2.05, 4.69) is 190 Å². The molecule has 3 heterocycles. The van der Waals surface area contributed by atoms with E-state index in [1.807, 2.05) is 36.5 Å². The van der Waals surface area contributed by atoms with Crippen molar-refractivity contribution in [2.75, 3.05) is 16.5 Å². The Morgan fingerprint density at radius 2 is 1.11 bits per heavy atom. The maximum absolute atomic E-state index is 14.5. The zero-order valence-corrected chi connectivity index (χ0v) is 41.2. The molecule has 0 spiro atoms. The molecule has 0 atom stereocenters. The number of ether oxygens (including phenoxy) is 1. The molecule has 1 aliphatic heterocycles. The first kappa shape index (κ1) is 45.4. The Hall–Kier alpha value is -8.03. The van der Waals surface area contributed by atoms with Crippen LogP contribution in [-0.2, 0) is 5.41 Å². The van der Waals surface area contributed by atoms with Crippen LogP contribution in [0.3, 0.4) is 0 Å². The minimum atomic E-state index is -0.301. The van der Waals surface area contributed by atoms with Crippen LogP contribution in [0.15, 0.2) is 188 Å². The predicted octanol–water partition coefficient (Wildman–Crippen LogP) is 18.0. The van der Waals surface area contributed by atoms with E-state index in [4.69, 9.17) is 9.72 Å². The SMILES string of the molecule is CC(C)c1cccc(C(C)C)c1-c1cc(Oc2ccc3c4ccccc4n(-c4cc(C(C)(C)C)ccn4)c3c2)cc(N2CN(c3c(-c4ccc(F)cc4)cccc3-c3ccc(F)cc3)c3ccccc32)c1. The molecule has 7 heteroatoms. The van der Waals surface area contributed by atoms with Gasteiger partial charge in [0.05, 0.1) is 28.1 Å². The number of rotatable bonds is 10. The number of benzene rings is 8. The molecular formula is C64H56F2N4O. The highest BCUT2D eigenvalue weighted by Crippen LogP contribution is 2.51. The predicted molar refractivity (Wildman–Crippen MR) is 290 cm³/mol. The summed E-state index contributed by atoms with van der Waals surface area (Å²) in [6.45, 7) is 16.2. The second-order valence-corrected chi connectivity index (χ2v) is 20.3. The Bertz CT molecular complexity index is 3530. The van der Waals surface area contributed by atoms with Crippen LogP contribution in [0.1, 0.15) is 77.0 Å². The molecule has 10 aromatic rings. The van der Waals surface area contributed by atoms with Crippen LogP contribution in [-0.4, -0.2) is 16.2 Å². The highest BCUT2D eigenvalue weighted by atomic mass is 19.1. The Labute approximate surface area is 415 Å². The second-order valence-electron chi connectivity index (χ2n) is 20.3. The van der Waals surface area contributed by atoms with E-state index in [0.717, 1.165) is 78.2 Å². The van der Waals surface area contributed by atoms with Gasteiger partial charge in [0.15, 0.2) is 0 Å². The monoisotopic (exact) mass is 934 g/mol. The fraction of sp³-hybridized carbons (Fsp3) is 0.172. The minimum absolute atomic E-state index is 0.0547. The smallest absolute Gasteiger partial charge is 0.137 e. The highest BCUT2D eigenvalue weighted by molar-refractivity contribution is 6.09. The molecule has 0 radical (unpaired) electrons. The summed E-state index contributed by atoms with van der Waals surface area (Å²) in [5, 5.41) is 2.26. The molecule has 0 amide bonds. The van der Waals surface area contributed by atoms with Crippen molar-refractivity contribution in [3.63, 3.8) is 0 Å². The van der Waals surface area contributed by atoms with E-state index in [0.29, 0.717) is 18.2 Å². The van der Waals surface area contributed by atoms with Crippen LogP contribution in [0.25, 0.3) is 61.0 Å². The second kappa shape index (κ2) is 18.1. The lowest BCUT2D eigenvalue weighted by atomic mass is 9.85. The summed E-state index contributed by atoms with van der Waals surface area (Å²) in [7, 11) is 0. The van der Waals surface area contributed by atoms with Gasteiger partial charge in [-0.05, 0) is 135 Å². The Kier molecular flexibility index (Phi) is 11.5. The molecule has 5 nitrogen and oxygen atoms in total. The zero-order chi connectivity index (χ0) is 49.1. The Morgan fingerprint density at radius 3 is 1.75 bits per heavy atom. The third-order valence-electron chi connectivity index (χ3n) is 13.9. The number of nitrogens with zero attached hydrogens (tertiary/aromatic N) is 4. The van der Waals surface area contributed by atoms with E-state index >= 15 is 0 Å². The van der Waals surface area contributed by atoms with Crippen molar-refractivity contribution in [3.05, 3.63) is 217 Å². The summed E-state index contributed by atoms with van der Waals surface area (Å²) in [6.07, 6.45) is 1.91. The number of hydrogen-bond acceptors (Lipinski definition) is 4. The van der Waals surface area contributed by atoms with Gasteiger partial charge in [-0.2, -0.15) is 0 Å². The molecule has 0 bridgehead atoms. The van der Waals surface area contributed by atoms with E-state index in [-0.39, 0.29) is 28.9 Å². The van der Waals surface area contributed by atoms with Crippen LogP contribution >= 0.6 is 0 Å². The molecule has 0 saturated carbocycles. The number of fused-ring (bicyclic) bond motifs is 4. The van der Waals surface area contributed by atoms with Gasteiger partial charge in [-0.3, -0.25) is 4.57 Å². The first-order chi connectivity index (χ1) is 34.3. The van der Waals surface area contributed by atoms with Crippen LogP contribution in [0, 0.1) is 11.6 Å². The highest BCUT2D eigenvalue weighted by Gasteiger charge is 2.32. The van der Waals surface area contributed by atoms with Crippen molar-refractivity contribution in [1.82, 2.24) is 9.55 Å². The van der Waals surface area contributed by atoms with Crippen molar-refractivity contribution in [3.8, 4) is 50.7 Å². The Morgan fingerprint density at radius 1 is 0.521 bits per heavy atom. The molecule has 0 N–H and O–H groups in total. The molecule has 0 aliphatic carbocycles. The molecule has 11 rings (SSSR count). The van der Waals surface area contributed by atoms with E-state index in [9.17, 15) is 8.78 Å². The molecule has 0 fully saturated rings. The average molecular weight is 935 g/mol. The maximum Gasteiger partial charge on any atom is 0.137 e. The van der Waals surface area contributed by atoms with Crippen LogP contribution < -0.4 is 14.5 Å². The first-order valence-electron chi connectivity index (χ1n) is 24.6. The molecular weight excluding hydrogens is 879 g/mol. The maximum atomic E-state index is 14.5. The first-order valence-corrected chi connectivity index (χ1v) is 24.6. The molecule has 1 aliphatic rings. The van der Waals surface area contributed by atoms with E-state index in [1.54, 1.807) is 0 Å². The van der Waals surface area contributed by atoms with Gasteiger partial charge >= 0.3 is 0 Å². The summed E-state index contributed by atoms with van der Waals surface area (Å²) < 4.78 is 38.3. The largest absolute Gasteiger partial charge is 0.457 e. The molecule has 2 aromatic heterocycles. The summed E-state index contributed by atoms with van der Waals surface area (Å²) in [5.74, 6) is 2.20. The van der Waals surface area contributed by atoms with Gasteiger partial charge in [-0.1, -0.05) is 139 Å². The van der Waals surface area contributed by atoms with Crippen LogP contribution in [0.4, 0.5) is 31.5 Å². The summed E-state index contributed by atoms with van der Waals surface area (Å²) in [5.41, 5.74) is 15.6. The number of pyridine rings is 1. The molecule has 8 aromatic carbocycles. The van der Waals surface area contributed by atoms with Crippen LogP contribution in [0.5, 0.6) is 11.5 Å². The van der Waals surface area contributed by atoms with E-state index in [1.165, 1.54) is 46.5 Å².